The van der Waals surface area contributed by atoms with Crippen molar-refractivity contribution < 1.29 is 4.79 Å². The maximum atomic E-state index is 10.8. The predicted molar refractivity (Wildman–Crippen MR) is 43.9 cm³/mol. The molecule has 0 aliphatic rings. The number of carbonyl (C=O) groups excluding carboxylic acids is 1. The molecule has 0 atom stereocenters. The number of ketones is 1. The van der Waals surface area contributed by atoms with Gasteiger partial charge in [0.25, 0.3) is 0 Å². The molecular formula is C9H14O. The van der Waals surface area contributed by atoms with Crippen LogP contribution in [0.2, 0.25) is 0 Å². The molecule has 0 amide bonds. The van der Waals surface area contributed by atoms with E-state index in [2.05, 4.69) is 13.5 Å². The molecule has 0 unspecified atom stereocenters. The molecule has 0 aromatic carbocycles. The fourth-order valence-corrected chi connectivity index (χ4v) is 0.610. The maximum absolute atomic E-state index is 10.8. The summed E-state index contributed by atoms with van der Waals surface area (Å²) in [6.45, 7) is 5.55. The van der Waals surface area contributed by atoms with E-state index >= 15 is 0 Å². The number of hydrogen-bond acceptors (Lipinski definition) is 1. The lowest BCUT2D eigenvalue weighted by Crippen LogP contribution is -1.90. The van der Waals surface area contributed by atoms with E-state index in [4.69, 9.17) is 0 Å². The van der Waals surface area contributed by atoms with Crippen LogP contribution in [-0.4, -0.2) is 5.78 Å². The fourth-order valence-electron chi connectivity index (χ4n) is 0.610. The average molecular weight is 138 g/mol. The molecule has 0 saturated carbocycles. The minimum Gasteiger partial charge on any atom is -0.295 e. The zero-order valence-corrected chi connectivity index (χ0v) is 6.47. The first-order chi connectivity index (χ1) is 4.81. The maximum Gasteiger partial charge on any atom is 0.155 e. The van der Waals surface area contributed by atoms with E-state index in [9.17, 15) is 4.79 Å². The monoisotopic (exact) mass is 138 g/mol. The summed E-state index contributed by atoms with van der Waals surface area (Å²) in [4.78, 5) is 10.8. The third-order valence-electron chi connectivity index (χ3n) is 1.19. The first-order valence-corrected chi connectivity index (χ1v) is 3.63. The Hall–Kier alpha value is -0.850. The molecule has 56 valence electrons. The third kappa shape index (κ3) is 5.29. The van der Waals surface area contributed by atoms with E-state index in [1.165, 1.54) is 0 Å². The lowest BCUT2D eigenvalue weighted by molar-refractivity contribution is -0.114. The third-order valence-corrected chi connectivity index (χ3v) is 1.19. The van der Waals surface area contributed by atoms with Gasteiger partial charge in [-0.05, 0) is 12.5 Å². The topological polar surface area (TPSA) is 17.1 Å². The smallest absolute Gasteiger partial charge is 0.155 e. The van der Waals surface area contributed by atoms with Crippen molar-refractivity contribution in [1.82, 2.24) is 0 Å². The second-order valence-electron chi connectivity index (χ2n) is 2.16. The van der Waals surface area contributed by atoms with Crippen LogP contribution < -0.4 is 0 Å². The van der Waals surface area contributed by atoms with Gasteiger partial charge in [0.05, 0.1) is 0 Å². The molecule has 0 fully saturated rings. The van der Waals surface area contributed by atoms with E-state index in [0.717, 1.165) is 12.8 Å². The average Bonchev–Trinajstić information content (AvgIpc) is 1.97. The van der Waals surface area contributed by atoms with Gasteiger partial charge in [-0.2, -0.15) is 0 Å². The highest BCUT2D eigenvalue weighted by Gasteiger charge is 1.92. The molecule has 10 heavy (non-hydrogen) atoms. The van der Waals surface area contributed by atoms with E-state index < -0.39 is 0 Å². The largest absolute Gasteiger partial charge is 0.295 e. The number of allylic oxidation sites excluding steroid dienone is 3. The van der Waals surface area contributed by atoms with Crippen LogP contribution >= 0.6 is 0 Å². The Balaban J connectivity index is 3.43. The highest BCUT2D eigenvalue weighted by atomic mass is 16.1. The lowest BCUT2D eigenvalue weighted by Gasteiger charge is -1.89. The van der Waals surface area contributed by atoms with Crippen molar-refractivity contribution in [2.24, 2.45) is 0 Å². The summed E-state index contributed by atoms with van der Waals surface area (Å²) in [5.74, 6) is 0.196. The van der Waals surface area contributed by atoms with Gasteiger partial charge < -0.3 is 0 Å². The molecule has 0 bridgehead atoms. The summed E-state index contributed by atoms with van der Waals surface area (Å²) in [7, 11) is 0. The summed E-state index contributed by atoms with van der Waals surface area (Å²) in [5, 5.41) is 0. The van der Waals surface area contributed by atoms with Crippen molar-refractivity contribution in [3.05, 3.63) is 24.8 Å². The first kappa shape index (κ1) is 9.15. The molecule has 1 heteroatoms. The molecule has 0 aromatic rings. The van der Waals surface area contributed by atoms with Crippen LogP contribution in [0.1, 0.15) is 26.2 Å². The number of unbranched alkanes of at least 4 members (excludes halogenated alkanes) is 1. The van der Waals surface area contributed by atoms with Gasteiger partial charge >= 0.3 is 0 Å². The quantitative estimate of drug-likeness (QED) is 0.421. The SMILES string of the molecule is C=C/C=C/C(=O)CCCC. The fraction of sp³-hybridized carbons (Fsp3) is 0.444. The molecule has 0 saturated heterocycles. The van der Waals surface area contributed by atoms with E-state index in [1.807, 2.05) is 0 Å². The first-order valence-electron chi connectivity index (χ1n) is 3.63. The molecule has 0 N–H and O–H groups in total. The second kappa shape index (κ2) is 6.27. The van der Waals surface area contributed by atoms with E-state index in [1.54, 1.807) is 18.2 Å². The van der Waals surface area contributed by atoms with Gasteiger partial charge in [0.2, 0.25) is 0 Å². The predicted octanol–water partition coefficient (Wildman–Crippen LogP) is 2.49. The Morgan fingerprint density at radius 3 is 2.80 bits per heavy atom. The zero-order chi connectivity index (χ0) is 7.82. The van der Waals surface area contributed by atoms with Crippen molar-refractivity contribution in [3.8, 4) is 0 Å². The Bertz CT molecular complexity index is 134. The van der Waals surface area contributed by atoms with E-state index in [-0.39, 0.29) is 5.78 Å². The molecule has 0 radical (unpaired) electrons. The number of hydrogen-bond donors (Lipinski definition) is 0. The Morgan fingerprint density at radius 1 is 1.60 bits per heavy atom. The minimum atomic E-state index is 0.196. The van der Waals surface area contributed by atoms with E-state index in [0.29, 0.717) is 6.42 Å². The van der Waals surface area contributed by atoms with Crippen LogP contribution in [0.5, 0.6) is 0 Å². The number of carbonyl (C=O) groups is 1. The summed E-state index contributed by atoms with van der Waals surface area (Å²) in [5.41, 5.74) is 0. The Morgan fingerprint density at radius 2 is 2.30 bits per heavy atom. The highest BCUT2D eigenvalue weighted by molar-refractivity contribution is 5.89. The molecule has 0 rings (SSSR count). The van der Waals surface area contributed by atoms with Crippen LogP contribution in [0.4, 0.5) is 0 Å². The van der Waals surface area contributed by atoms with Crippen molar-refractivity contribution in [2.45, 2.75) is 26.2 Å². The molecule has 0 spiro atoms. The molecular weight excluding hydrogens is 124 g/mol. The zero-order valence-electron chi connectivity index (χ0n) is 6.47. The Labute approximate surface area is 62.4 Å². The Kier molecular flexibility index (Phi) is 5.74. The highest BCUT2D eigenvalue weighted by Crippen LogP contribution is 1.95. The van der Waals surface area contributed by atoms with Crippen LogP contribution in [0.3, 0.4) is 0 Å². The van der Waals surface area contributed by atoms with Crippen LogP contribution in [0.25, 0.3) is 0 Å². The van der Waals surface area contributed by atoms with Crippen molar-refractivity contribution in [2.75, 3.05) is 0 Å². The normalized spacial score (nSPS) is 10.1. The molecule has 0 aliphatic heterocycles. The van der Waals surface area contributed by atoms with Crippen molar-refractivity contribution in [1.29, 1.82) is 0 Å². The van der Waals surface area contributed by atoms with Crippen LogP contribution in [0.15, 0.2) is 24.8 Å². The minimum absolute atomic E-state index is 0.196. The van der Waals surface area contributed by atoms with Gasteiger partial charge in [-0.25, -0.2) is 0 Å². The van der Waals surface area contributed by atoms with Gasteiger partial charge in [-0.3, -0.25) is 4.79 Å². The summed E-state index contributed by atoms with van der Waals surface area (Å²) in [6, 6.07) is 0. The lowest BCUT2D eigenvalue weighted by atomic mass is 10.2. The van der Waals surface area contributed by atoms with Gasteiger partial charge in [0.1, 0.15) is 0 Å². The van der Waals surface area contributed by atoms with Gasteiger partial charge in [-0.15, -0.1) is 0 Å². The van der Waals surface area contributed by atoms with Crippen LogP contribution in [-0.2, 0) is 4.79 Å². The summed E-state index contributed by atoms with van der Waals surface area (Å²) in [6.07, 6.45) is 7.60. The molecule has 0 aromatic heterocycles. The van der Waals surface area contributed by atoms with Crippen molar-refractivity contribution in [3.63, 3.8) is 0 Å². The van der Waals surface area contributed by atoms with Gasteiger partial charge in [-0.1, -0.05) is 32.1 Å². The summed E-state index contributed by atoms with van der Waals surface area (Å²) < 4.78 is 0. The number of rotatable bonds is 5. The van der Waals surface area contributed by atoms with Gasteiger partial charge in [0.15, 0.2) is 5.78 Å². The van der Waals surface area contributed by atoms with Gasteiger partial charge in [0, 0.05) is 6.42 Å². The standard InChI is InChI=1S/C9H14O/c1-3-5-7-9(10)8-6-4-2/h3,5,7H,1,4,6,8H2,2H3/b7-5+. The molecule has 1 nitrogen and oxygen atoms in total. The second-order valence-corrected chi connectivity index (χ2v) is 2.16. The molecule has 0 aliphatic carbocycles. The van der Waals surface area contributed by atoms with Crippen LogP contribution in [0, 0.1) is 0 Å². The molecule has 0 heterocycles. The van der Waals surface area contributed by atoms with Crippen molar-refractivity contribution >= 4 is 5.78 Å². The summed E-state index contributed by atoms with van der Waals surface area (Å²) >= 11 is 0.